The molecule has 0 aromatic carbocycles. The highest BCUT2D eigenvalue weighted by Gasteiger charge is 2.22. The van der Waals surface area contributed by atoms with E-state index in [1.807, 2.05) is 13.0 Å². The molecule has 0 bridgehead atoms. The average Bonchev–Trinajstić information content (AvgIpc) is 2.70. The van der Waals surface area contributed by atoms with E-state index in [1.165, 1.54) is 0 Å². The fraction of sp³-hybridized carbons (Fsp3) is 0.400. The van der Waals surface area contributed by atoms with E-state index in [1.54, 1.807) is 24.0 Å². The second-order valence-electron chi connectivity index (χ2n) is 3.45. The molecule has 2 heterocycles. The van der Waals surface area contributed by atoms with Crippen molar-refractivity contribution >= 4 is 23.4 Å². The van der Waals surface area contributed by atoms with Gasteiger partial charge in [0.2, 0.25) is 5.91 Å². The molecule has 0 aliphatic carbocycles. The Morgan fingerprint density at radius 2 is 2.60 bits per heavy atom. The number of nitrogens with zero attached hydrogens (tertiary/aromatic N) is 1. The molecule has 1 atom stereocenters. The minimum Gasteiger partial charge on any atom is -0.325 e. The van der Waals surface area contributed by atoms with Crippen molar-refractivity contribution in [3.8, 4) is 0 Å². The summed E-state index contributed by atoms with van der Waals surface area (Å²) in [5.41, 5.74) is 1.72. The van der Waals surface area contributed by atoms with Crippen molar-refractivity contribution in [1.29, 1.82) is 0 Å². The molecule has 1 unspecified atom stereocenters. The number of thioether (sulfide) groups is 1. The highest BCUT2D eigenvalue weighted by molar-refractivity contribution is 7.99. The summed E-state index contributed by atoms with van der Waals surface area (Å²) in [4.78, 5) is 15.8. The molecule has 1 aliphatic rings. The van der Waals surface area contributed by atoms with E-state index in [2.05, 4.69) is 15.6 Å². The molecular weight excluding hydrogens is 210 g/mol. The molecule has 0 spiro atoms. The summed E-state index contributed by atoms with van der Waals surface area (Å²) in [6.45, 7) is 1.90. The maximum atomic E-state index is 11.7. The Balaban J connectivity index is 1.99. The first-order valence-electron chi connectivity index (χ1n) is 4.80. The monoisotopic (exact) mass is 223 g/mol. The van der Waals surface area contributed by atoms with Gasteiger partial charge in [-0.3, -0.25) is 15.1 Å². The average molecular weight is 223 g/mol. The summed E-state index contributed by atoms with van der Waals surface area (Å²) in [5.74, 6) is 1.73. The molecule has 1 fully saturated rings. The van der Waals surface area contributed by atoms with Crippen LogP contribution in [0.3, 0.4) is 0 Å². The van der Waals surface area contributed by atoms with Crippen molar-refractivity contribution in [1.82, 2.24) is 10.3 Å². The van der Waals surface area contributed by atoms with E-state index < -0.39 is 0 Å². The van der Waals surface area contributed by atoms with Gasteiger partial charge in [-0.1, -0.05) is 0 Å². The van der Waals surface area contributed by atoms with Gasteiger partial charge in [-0.2, -0.15) is 0 Å². The van der Waals surface area contributed by atoms with Gasteiger partial charge < -0.3 is 5.32 Å². The summed E-state index contributed by atoms with van der Waals surface area (Å²) in [6, 6.07) is 3.59. The quantitative estimate of drug-likeness (QED) is 0.785. The Hall–Kier alpha value is -1.07. The number of pyridine rings is 1. The molecule has 0 saturated carbocycles. The molecule has 2 N–H and O–H groups in total. The highest BCUT2D eigenvalue weighted by atomic mass is 32.2. The lowest BCUT2D eigenvalue weighted by atomic mass is 10.3. The van der Waals surface area contributed by atoms with E-state index in [0.717, 1.165) is 23.0 Å². The van der Waals surface area contributed by atoms with Crippen molar-refractivity contribution in [2.24, 2.45) is 0 Å². The lowest BCUT2D eigenvalue weighted by molar-refractivity contribution is -0.117. The molecule has 0 radical (unpaired) electrons. The third-order valence-electron chi connectivity index (χ3n) is 2.20. The second-order valence-corrected chi connectivity index (χ2v) is 4.48. The third kappa shape index (κ3) is 2.70. The number of aromatic nitrogens is 1. The van der Waals surface area contributed by atoms with Crippen molar-refractivity contribution in [3.05, 3.63) is 24.0 Å². The molecule has 80 valence electrons. The van der Waals surface area contributed by atoms with E-state index in [4.69, 9.17) is 0 Å². The zero-order chi connectivity index (χ0) is 10.7. The van der Waals surface area contributed by atoms with Crippen LogP contribution >= 0.6 is 11.8 Å². The SMILES string of the molecule is Cc1cc(NC(=O)C2CSCN2)ccn1. The summed E-state index contributed by atoms with van der Waals surface area (Å²) in [5, 5.41) is 6.00. The standard InChI is InChI=1S/C10H13N3OS/c1-7-4-8(2-3-11-7)13-10(14)9-5-15-6-12-9/h2-4,9,12H,5-6H2,1H3,(H,11,13,14). The second kappa shape index (κ2) is 4.63. The number of amides is 1. The predicted molar refractivity (Wildman–Crippen MR) is 61.9 cm³/mol. The van der Waals surface area contributed by atoms with Crippen LogP contribution in [-0.2, 0) is 4.79 Å². The molecule has 5 heteroatoms. The molecule has 1 aromatic heterocycles. The van der Waals surface area contributed by atoms with Crippen molar-refractivity contribution in [2.45, 2.75) is 13.0 Å². The van der Waals surface area contributed by atoms with Gasteiger partial charge in [-0.05, 0) is 19.1 Å². The fourth-order valence-electron chi connectivity index (χ4n) is 1.42. The first-order valence-corrected chi connectivity index (χ1v) is 5.96. The van der Waals surface area contributed by atoms with Gasteiger partial charge in [0.25, 0.3) is 0 Å². The van der Waals surface area contributed by atoms with E-state index in [0.29, 0.717) is 0 Å². The van der Waals surface area contributed by atoms with Crippen LogP contribution in [-0.4, -0.2) is 28.6 Å². The third-order valence-corrected chi connectivity index (χ3v) is 3.14. The maximum absolute atomic E-state index is 11.7. The van der Waals surface area contributed by atoms with Crippen LogP contribution in [0, 0.1) is 6.92 Å². The Bertz CT molecular complexity index is 363. The van der Waals surface area contributed by atoms with Crippen LogP contribution < -0.4 is 10.6 Å². The van der Waals surface area contributed by atoms with Crippen LogP contribution in [0.4, 0.5) is 5.69 Å². The van der Waals surface area contributed by atoms with Crippen LogP contribution in [0.25, 0.3) is 0 Å². The Morgan fingerprint density at radius 1 is 1.73 bits per heavy atom. The van der Waals surface area contributed by atoms with Crippen LogP contribution in [0.2, 0.25) is 0 Å². The summed E-state index contributed by atoms with van der Waals surface area (Å²) in [7, 11) is 0. The Kier molecular flexibility index (Phi) is 3.23. The summed E-state index contributed by atoms with van der Waals surface area (Å²) >= 11 is 1.74. The number of anilines is 1. The molecule has 2 rings (SSSR count). The fourth-order valence-corrected chi connectivity index (χ4v) is 2.36. The first-order chi connectivity index (χ1) is 7.25. The highest BCUT2D eigenvalue weighted by Crippen LogP contribution is 2.12. The van der Waals surface area contributed by atoms with Gasteiger partial charge in [-0.25, -0.2) is 0 Å². The number of carbonyl (C=O) groups is 1. The molecule has 15 heavy (non-hydrogen) atoms. The maximum Gasteiger partial charge on any atom is 0.242 e. The number of nitrogens with one attached hydrogen (secondary N) is 2. The largest absolute Gasteiger partial charge is 0.325 e. The van der Waals surface area contributed by atoms with Gasteiger partial charge in [0.15, 0.2) is 0 Å². The normalized spacial score (nSPS) is 20.2. The summed E-state index contributed by atoms with van der Waals surface area (Å²) < 4.78 is 0. The van der Waals surface area contributed by atoms with Crippen molar-refractivity contribution < 1.29 is 4.79 Å². The smallest absolute Gasteiger partial charge is 0.242 e. The van der Waals surface area contributed by atoms with Gasteiger partial charge in [0, 0.05) is 29.2 Å². The number of hydrogen-bond donors (Lipinski definition) is 2. The van der Waals surface area contributed by atoms with Crippen molar-refractivity contribution in [3.63, 3.8) is 0 Å². The Morgan fingerprint density at radius 3 is 3.27 bits per heavy atom. The van der Waals surface area contributed by atoms with Crippen LogP contribution in [0.15, 0.2) is 18.3 Å². The molecule has 1 aliphatic heterocycles. The number of hydrogen-bond acceptors (Lipinski definition) is 4. The van der Waals surface area contributed by atoms with Crippen LogP contribution in [0.1, 0.15) is 5.69 Å². The van der Waals surface area contributed by atoms with E-state index >= 15 is 0 Å². The minimum atomic E-state index is -0.0662. The van der Waals surface area contributed by atoms with Gasteiger partial charge in [-0.15, -0.1) is 11.8 Å². The molecule has 1 aromatic rings. The van der Waals surface area contributed by atoms with Gasteiger partial charge in [0.05, 0.1) is 6.04 Å². The molecule has 1 amide bonds. The van der Waals surface area contributed by atoms with Crippen molar-refractivity contribution in [2.75, 3.05) is 16.9 Å². The van der Waals surface area contributed by atoms with Crippen LogP contribution in [0.5, 0.6) is 0 Å². The molecular formula is C10H13N3OS. The zero-order valence-electron chi connectivity index (χ0n) is 8.49. The zero-order valence-corrected chi connectivity index (χ0v) is 9.30. The van der Waals surface area contributed by atoms with E-state index in [9.17, 15) is 4.79 Å². The Labute approximate surface area is 92.9 Å². The lowest BCUT2D eigenvalue weighted by Crippen LogP contribution is -2.37. The number of rotatable bonds is 2. The minimum absolute atomic E-state index is 0.0330. The topological polar surface area (TPSA) is 54.0 Å². The van der Waals surface area contributed by atoms with Gasteiger partial charge >= 0.3 is 0 Å². The molecule has 1 saturated heterocycles. The number of carbonyl (C=O) groups excluding carboxylic acids is 1. The number of aryl methyl sites for hydroxylation is 1. The first kappa shape index (κ1) is 10.4. The lowest BCUT2D eigenvalue weighted by Gasteiger charge is -2.10. The predicted octanol–water partition coefficient (Wildman–Crippen LogP) is 0.991. The van der Waals surface area contributed by atoms with E-state index in [-0.39, 0.29) is 11.9 Å². The summed E-state index contributed by atoms with van der Waals surface area (Å²) in [6.07, 6.45) is 1.70. The molecule has 4 nitrogen and oxygen atoms in total. The van der Waals surface area contributed by atoms with Gasteiger partial charge in [0.1, 0.15) is 0 Å².